The summed E-state index contributed by atoms with van der Waals surface area (Å²) in [5.74, 6) is -1.62. The first-order valence-electron chi connectivity index (χ1n) is 10.6. The van der Waals surface area contributed by atoms with E-state index in [4.69, 9.17) is 16.3 Å². The number of esters is 1. The molecule has 0 atom stereocenters. The Morgan fingerprint density at radius 2 is 1.65 bits per heavy atom. The normalized spacial score (nSPS) is 15.4. The van der Waals surface area contributed by atoms with Crippen molar-refractivity contribution in [3.63, 3.8) is 0 Å². The predicted molar refractivity (Wildman–Crippen MR) is 127 cm³/mol. The molecule has 1 saturated heterocycles. The molecule has 0 unspecified atom stereocenters. The standard InChI is InChI=1S/C22H25ClN2O7S2/c1-33(28,29)17-9-10-19(23)20(14-17)24-21(26)15-32-22(27)16-7-6-8-18(13-16)34(30,31)25-11-4-2-3-5-12-25/h6-10,13-14H,2-5,11-12,15H2,1H3,(H,24,26). The van der Waals surface area contributed by atoms with Crippen LogP contribution in [0.4, 0.5) is 5.69 Å². The third kappa shape index (κ3) is 6.56. The highest BCUT2D eigenvalue weighted by Gasteiger charge is 2.26. The number of carbonyl (C=O) groups excluding carboxylic acids is 2. The highest BCUT2D eigenvalue weighted by atomic mass is 35.5. The average Bonchev–Trinajstić information content (AvgIpc) is 3.08. The molecule has 1 N–H and O–H groups in total. The number of nitrogens with zero attached hydrogens (tertiary/aromatic N) is 1. The molecular formula is C22H25ClN2O7S2. The van der Waals surface area contributed by atoms with E-state index in [1.807, 2.05) is 0 Å². The van der Waals surface area contributed by atoms with Crippen molar-refractivity contribution in [2.45, 2.75) is 35.5 Å². The molecule has 2 aromatic carbocycles. The van der Waals surface area contributed by atoms with Gasteiger partial charge in [0.15, 0.2) is 16.4 Å². The van der Waals surface area contributed by atoms with Crippen LogP contribution < -0.4 is 5.32 Å². The summed E-state index contributed by atoms with van der Waals surface area (Å²) in [7, 11) is -7.27. The fourth-order valence-corrected chi connectivity index (χ4v) is 5.82. The number of anilines is 1. The molecule has 1 heterocycles. The first-order valence-corrected chi connectivity index (χ1v) is 14.3. The number of rotatable bonds is 7. The van der Waals surface area contributed by atoms with Crippen LogP contribution in [0.2, 0.25) is 5.02 Å². The average molecular weight is 529 g/mol. The number of halogens is 1. The van der Waals surface area contributed by atoms with Gasteiger partial charge in [-0.25, -0.2) is 21.6 Å². The Kier molecular flexibility index (Phi) is 8.34. The number of hydrogen-bond acceptors (Lipinski definition) is 7. The van der Waals surface area contributed by atoms with E-state index in [1.54, 1.807) is 0 Å². The number of nitrogens with one attached hydrogen (secondary N) is 1. The molecule has 1 aliphatic rings. The van der Waals surface area contributed by atoms with Crippen molar-refractivity contribution < 1.29 is 31.2 Å². The minimum Gasteiger partial charge on any atom is -0.452 e. The van der Waals surface area contributed by atoms with Gasteiger partial charge in [0.2, 0.25) is 10.0 Å². The topological polar surface area (TPSA) is 127 Å². The van der Waals surface area contributed by atoms with Crippen molar-refractivity contribution in [1.82, 2.24) is 4.31 Å². The molecule has 0 aromatic heterocycles. The van der Waals surface area contributed by atoms with Gasteiger partial charge in [-0.05, 0) is 49.2 Å². The van der Waals surface area contributed by atoms with Crippen LogP contribution in [0.25, 0.3) is 0 Å². The molecule has 34 heavy (non-hydrogen) atoms. The van der Waals surface area contributed by atoms with Crippen molar-refractivity contribution in [1.29, 1.82) is 0 Å². The zero-order valence-electron chi connectivity index (χ0n) is 18.5. The zero-order valence-corrected chi connectivity index (χ0v) is 20.9. The molecule has 0 spiro atoms. The Hall–Kier alpha value is -2.47. The minimum atomic E-state index is -3.75. The van der Waals surface area contributed by atoms with Gasteiger partial charge in [0, 0.05) is 19.3 Å². The summed E-state index contributed by atoms with van der Waals surface area (Å²) in [4.78, 5) is 24.6. The summed E-state index contributed by atoms with van der Waals surface area (Å²) >= 11 is 6.01. The molecule has 1 aliphatic heterocycles. The Labute approximate surface area is 204 Å². The molecule has 0 aliphatic carbocycles. The van der Waals surface area contributed by atoms with Gasteiger partial charge >= 0.3 is 5.97 Å². The van der Waals surface area contributed by atoms with Gasteiger partial charge in [0.05, 0.1) is 26.1 Å². The summed E-state index contributed by atoms with van der Waals surface area (Å²) in [6.45, 7) is 0.182. The van der Waals surface area contributed by atoms with Crippen LogP contribution in [0, 0.1) is 0 Å². The summed E-state index contributed by atoms with van der Waals surface area (Å²) in [6.07, 6.45) is 4.54. The van der Waals surface area contributed by atoms with Gasteiger partial charge in [0.25, 0.3) is 5.91 Å². The molecule has 0 bridgehead atoms. The Balaban J connectivity index is 1.66. The number of amides is 1. The number of benzene rings is 2. The van der Waals surface area contributed by atoms with E-state index in [2.05, 4.69) is 5.32 Å². The molecule has 184 valence electrons. The molecular weight excluding hydrogens is 504 g/mol. The van der Waals surface area contributed by atoms with E-state index in [-0.39, 0.29) is 26.1 Å². The smallest absolute Gasteiger partial charge is 0.338 e. The quantitative estimate of drug-likeness (QED) is 0.547. The summed E-state index contributed by atoms with van der Waals surface area (Å²) < 4.78 is 55.8. The lowest BCUT2D eigenvalue weighted by molar-refractivity contribution is -0.119. The van der Waals surface area contributed by atoms with Crippen LogP contribution in [-0.4, -0.2) is 59.0 Å². The first-order chi connectivity index (χ1) is 16.0. The lowest BCUT2D eigenvalue weighted by atomic mass is 10.2. The molecule has 1 fully saturated rings. The van der Waals surface area contributed by atoms with Crippen LogP contribution >= 0.6 is 11.6 Å². The molecule has 2 aromatic rings. The fraction of sp³-hybridized carbons (Fsp3) is 0.364. The molecule has 1 amide bonds. The summed E-state index contributed by atoms with van der Waals surface area (Å²) in [5.41, 5.74) is 0.0389. The summed E-state index contributed by atoms with van der Waals surface area (Å²) in [6, 6.07) is 9.32. The first kappa shape index (κ1) is 26.1. The van der Waals surface area contributed by atoms with Crippen molar-refractivity contribution >= 4 is 49.0 Å². The molecule has 0 radical (unpaired) electrons. The van der Waals surface area contributed by atoms with Crippen molar-refractivity contribution in [3.8, 4) is 0 Å². The van der Waals surface area contributed by atoms with E-state index in [0.717, 1.165) is 31.9 Å². The molecule has 9 nitrogen and oxygen atoms in total. The van der Waals surface area contributed by atoms with Gasteiger partial charge in [-0.15, -0.1) is 0 Å². The maximum absolute atomic E-state index is 13.0. The largest absolute Gasteiger partial charge is 0.452 e. The third-order valence-electron chi connectivity index (χ3n) is 5.25. The number of sulfonamides is 1. The number of sulfone groups is 1. The van der Waals surface area contributed by atoms with E-state index in [1.165, 1.54) is 46.8 Å². The maximum atomic E-state index is 13.0. The predicted octanol–water partition coefficient (Wildman–Crippen LogP) is 3.10. The molecule has 12 heteroatoms. The van der Waals surface area contributed by atoms with Crippen molar-refractivity contribution in [3.05, 3.63) is 53.1 Å². The van der Waals surface area contributed by atoms with E-state index in [9.17, 15) is 26.4 Å². The zero-order chi connectivity index (χ0) is 24.9. The minimum absolute atomic E-state index is 0.0131. The second-order valence-corrected chi connectivity index (χ2v) is 12.2. The van der Waals surface area contributed by atoms with Gasteiger partial charge in [-0.1, -0.05) is 30.5 Å². The van der Waals surface area contributed by atoms with E-state index < -0.39 is 38.3 Å². The number of carbonyl (C=O) groups is 2. The highest BCUT2D eigenvalue weighted by Crippen LogP contribution is 2.25. The van der Waals surface area contributed by atoms with E-state index in [0.29, 0.717) is 13.1 Å². The van der Waals surface area contributed by atoms with Crippen molar-refractivity contribution in [2.75, 3.05) is 31.3 Å². The van der Waals surface area contributed by atoms with Gasteiger partial charge in [0.1, 0.15) is 0 Å². The van der Waals surface area contributed by atoms with Gasteiger partial charge < -0.3 is 10.1 Å². The Morgan fingerprint density at radius 3 is 2.29 bits per heavy atom. The maximum Gasteiger partial charge on any atom is 0.338 e. The SMILES string of the molecule is CS(=O)(=O)c1ccc(Cl)c(NC(=O)COC(=O)c2cccc(S(=O)(=O)N3CCCCCC3)c2)c1. The van der Waals surface area contributed by atoms with Crippen LogP contribution in [0.1, 0.15) is 36.0 Å². The lowest BCUT2D eigenvalue weighted by Crippen LogP contribution is -2.32. The van der Waals surface area contributed by atoms with Gasteiger partial charge in [-0.3, -0.25) is 4.79 Å². The number of ether oxygens (including phenoxy) is 1. The Bertz CT molecular complexity index is 1290. The second kappa shape index (κ2) is 10.9. The van der Waals surface area contributed by atoms with Crippen LogP contribution in [0.5, 0.6) is 0 Å². The number of hydrogen-bond donors (Lipinski definition) is 1. The lowest BCUT2D eigenvalue weighted by Gasteiger charge is -2.20. The highest BCUT2D eigenvalue weighted by molar-refractivity contribution is 7.90. The fourth-order valence-electron chi connectivity index (χ4n) is 3.45. The van der Waals surface area contributed by atoms with Gasteiger partial charge in [-0.2, -0.15) is 4.31 Å². The van der Waals surface area contributed by atoms with Crippen LogP contribution in [0.3, 0.4) is 0 Å². The monoisotopic (exact) mass is 528 g/mol. The van der Waals surface area contributed by atoms with Crippen LogP contribution in [0.15, 0.2) is 52.3 Å². The molecule has 3 rings (SSSR count). The van der Waals surface area contributed by atoms with E-state index >= 15 is 0 Å². The molecule has 0 saturated carbocycles. The third-order valence-corrected chi connectivity index (χ3v) is 8.58. The second-order valence-electron chi connectivity index (χ2n) is 7.88. The Morgan fingerprint density at radius 1 is 0.971 bits per heavy atom. The van der Waals surface area contributed by atoms with Crippen LogP contribution in [-0.2, 0) is 29.4 Å². The summed E-state index contributed by atoms with van der Waals surface area (Å²) in [5, 5.41) is 2.51. The van der Waals surface area contributed by atoms with Crippen molar-refractivity contribution in [2.24, 2.45) is 0 Å².